The first-order chi connectivity index (χ1) is 15.6. The summed E-state index contributed by atoms with van der Waals surface area (Å²) in [4.78, 5) is 23.8. The van der Waals surface area contributed by atoms with Gasteiger partial charge >= 0.3 is 12.1 Å². The molecule has 0 bridgehead atoms. The molecule has 2 saturated heterocycles. The summed E-state index contributed by atoms with van der Waals surface area (Å²) >= 11 is 0. The van der Waals surface area contributed by atoms with Gasteiger partial charge in [-0.25, -0.2) is 4.79 Å². The van der Waals surface area contributed by atoms with Crippen LogP contribution in [-0.4, -0.2) is 69.2 Å². The lowest BCUT2D eigenvalue weighted by Crippen LogP contribution is -2.49. The molecule has 2 atom stereocenters. The maximum absolute atomic E-state index is 12.5. The third-order valence-corrected chi connectivity index (χ3v) is 5.67. The van der Waals surface area contributed by atoms with Crippen molar-refractivity contribution in [2.24, 2.45) is 7.05 Å². The van der Waals surface area contributed by atoms with Crippen LogP contribution in [0.5, 0.6) is 0 Å². The van der Waals surface area contributed by atoms with Crippen LogP contribution in [0.15, 0.2) is 42.7 Å². The fraction of sp³-hybridized carbons (Fsp3) is 0.500. The molecule has 1 amide bonds. The Morgan fingerprint density at radius 1 is 1.30 bits per heavy atom. The van der Waals surface area contributed by atoms with Crippen LogP contribution >= 0.6 is 0 Å². The molecule has 2 aliphatic rings. The maximum Gasteiger partial charge on any atom is 0.490 e. The van der Waals surface area contributed by atoms with Crippen LogP contribution in [0.25, 0.3) is 0 Å². The molecule has 33 heavy (non-hydrogen) atoms. The zero-order valence-corrected chi connectivity index (χ0v) is 18.2. The van der Waals surface area contributed by atoms with Crippen molar-refractivity contribution < 1.29 is 32.6 Å². The van der Waals surface area contributed by atoms with Gasteiger partial charge in [-0.2, -0.15) is 18.3 Å². The minimum absolute atomic E-state index is 0.0119. The number of nitrogens with zero attached hydrogens (tertiary/aromatic N) is 3. The number of carbonyl (C=O) groups excluding carboxylic acids is 1. The van der Waals surface area contributed by atoms with Crippen molar-refractivity contribution in [1.82, 2.24) is 20.0 Å². The smallest absolute Gasteiger partial charge is 0.475 e. The number of alkyl halides is 3. The largest absolute Gasteiger partial charge is 0.490 e. The molecule has 0 aliphatic carbocycles. The van der Waals surface area contributed by atoms with Crippen LogP contribution in [0.3, 0.4) is 0 Å². The quantitative estimate of drug-likeness (QED) is 0.716. The van der Waals surface area contributed by atoms with Gasteiger partial charge in [-0.05, 0) is 31.4 Å². The van der Waals surface area contributed by atoms with Crippen LogP contribution < -0.4 is 5.32 Å². The molecule has 11 heteroatoms. The van der Waals surface area contributed by atoms with E-state index in [2.05, 4.69) is 21.5 Å². The van der Waals surface area contributed by atoms with Crippen LogP contribution in [0.4, 0.5) is 13.2 Å². The molecule has 2 N–H and O–H groups in total. The zero-order chi connectivity index (χ0) is 24.1. The second kappa shape index (κ2) is 10.3. The zero-order valence-electron chi connectivity index (χ0n) is 18.2. The van der Waals surface area contributed by atoms with Crippen LogP contribution in [0.2, 0.25) is 0 Å². The Morgan fingerprint density at radius 2 is 2.00 bits per heavy atom. The number of halogens is 3. The molecule has 1 spiro atoms. The van der Waals surface area contributed by atoms with E-state index in [1.54, 1.807) is 0 Å². The van der Waals surface area contributed by atoms with Gasteiger partial charge in [0.25, 0.3) is 5.91 Å². The van der Waals surface area contributed by atoms with E-state index in [0.29, 0.717) is 6.61 Å². The van der Waals surface area contributed by atoms with Crippen molar-refractivity contribution in [2.75, 3.05) is 19.7 Å². The van der Waals surface area contributed by atoms with E-state index in [-0.39, 0.29) is 17.6 Å². The highest BCUT2D eigenvalue weighted by atomic mass is 19.4. The molecule has 8 nitrogen and oxygen atoms in total. The van der Waals surface area contributed by atoms with E-state index >= 15 is 0 Å². The number of hydrogen-bond acceptors (Lipinski definition) is 5. The Morgan fingerprint density at radius 3 is 2.61 bits per heavy atom. The lowest BCUT2D eigenvalue weighted by molar-refractivity contribution is -0.192. The molecule has 1 aromatic heterocycles. The molecule has 0 saturated carbocycles. The number of likely N-dealkylation sites (tertiary alicyclic amines) is 1. The van der Waals surface area contributed by atoms with E-state index in [4.69, 9.17) is 14.6 Å². The van der Waals surface area contributed by atoms with Crippen molar-refractivity contribution in [3.8, 4) is 0 Å². The van der Waals surface area contributed by atoms with Crippen LogP contribution in [0.1, 0.15) is 35.2 Å². The predicted molar refractivity (Wildman–Crippen MR) is 112 cm³/mol. The molecule has 2 fully saturated rings. The first kappa shape index (κ1) is 24.7. The van der Waals surface area contributed by atoms with Gasteiger partial charge in [0.2, 0.25) is 0 Å². The third-order valence-electron chi connectivity index (χ3n) is 5.67. The number of hydrogen-bond donors (Lipinski definition) is 2. The SMILES string of the molecule is Cn1cc(CN2CC[C@@]3(C[C@@H](NC(=O)c4ccccc4)CCO3)C2)cn1.O=C(O)C(F)(F)F. The van der Waals surface area contributed by atoms with Gasteiger partial charge in [0, 0.05) is 56.7 Å². The monoisotopic (exact) mass is 468 g/mol. The Labute approximate surface area is 189 Å². The number of rotatable bonds is 4. The number of amides is 1. The van der Waals surface area contributed by atoms with E-state index in [0.717, 1.165) is 44.5 Å². The number of carbonyl (C=O) groups is 2. The van der Waals surface area contributed by atoms with E-state index in [9.17, 15) is 18.0 Å². The second-order valence-corrected chi connectivity index (χ2v) is 8.35. The van der Waals surface area contributed by atoms with Crippen LogP contribution in [0, 0.1) is 0 Å². The lowest BCUT2D eigenvalue weighted by atomic mass is 9.89. The average Bonchev–Trinajstić information content (AvgIpc) is 3.34. The maximum atomic E-state index is 12.5. The summed E-state index contributed by atoms with van der Waals surface area (Å²) in [6.07, 6.45) is 1.69. The molecule has 0 radical (unpaired) electrons. The first-order valence-electron chi connectivity index (χ1n) is 10.6. The molecular formula is C22H27F3N4O4. The third kappa shape index (κ3) is 7.03. The van der Waals surface area contributed by atoms with Gasteiger partial charge in [-0.3, -0.25) is 14.4 Å². The Balaban J connectivity index is 0.000000383. The molecule has 2 aliphatic heterocycles. The highest BCUT2D eigenvalue weighted by Gasteiger charge is 2.43. The second-order valence-electron chi connectivity index (χ2n) is 8.35. The van der Waals surface area contributed by atoms with Crippen molar-refractivity contribution >= 4 is 11.9 Å². The Kier molecular flexibility index (Phi) is 7.75. The fourth-order valence-electron chi connectivity index (χ4n) is 4.17. The number of nitrogens with one attached hydrogen (secondary N) is 1. The summed E-state index contributed by atoms with van der Waals surface area (Å²) in [7, 11) is 1.94. The molecule has 4 rings (SSSR count). The minimum atomic E-state index is -5.08. The molecule has 2 aromatic rings. The summed E-state index contributed by atoms with van der Waals surface area (Å²) in [6, 6.07) is 9.61. The van der Waals surface area contributed by atoms with Gasteiger partial charge in [0.05, 0.1) is 11.8 Å². The minimum Gasteiger partial charge on any atom is -0.475 e. The Bertz CT molecular complexity index is 951. The van der Waals surface area contributed by atoms with Gasteiger partial charge in [0.1, 0.15) is 0 Å². The topological polar surface area (TPSA) is 96.7 Å². The van der Waals surface area contributed by atoms with Crippen LogP contribution in [-0.2, 0) is 23.1 Å². The number of benzene rings is 1. The number of carboxylic acids is 1. The number of aromatic nitrogens is 2. The van der Waals surface area contributed by atoms with E-state index < -0.39 is 12.1 Å². The highest BCUT2D eigenvalue weighted by Crippen LogP contribution is 2.35. The average molecular weight is 468 g/mol. The van der Waals surface area contributed by atoms with Gasteiger partial charge in [-0.15, -0.1) is 0 Å². The lowest BCUT2D eigenvalue weighted by Gasteiger charge is -2.38. The standard InChI is InChI=1S/C20H26N4O2.C2HF3O2/c1-23-13-16(12-21-23)14-24-9-8-20(15-24)11-18(7-10-26-20)22-19(25)17-5-3-2-4-6-17;3-2(4,5)1(6)7/h2-6,12-13,18H,7-11,14-15H2,1H3,(H,22,25);(H,6,7)/t18-,20+;/m0./s1. The first-order valence-corrected chi connectivity index (χ1v) is 10.6. The molecule has 180 valence electrons. The molecule has 1 aromatic carbocycles. The van der Waals surface area contributed by atoms with Crippen molar-refractivity contribution in [1.29, 1.82) is 0 Å². The molecule has 0 unspecified atom stereocenters. The highest BCUT2D eigenvalue weighted by molar-refractivity contribution is 5.94. The summed E-state index contributed by atoms with van der Waals surface area (Å²) < 4.78 is 39.8. The molecule has 3 heterocycles. The van der Waals surface area contributed by atoms with Crippen molar-refractivity contribution in [3.63, 3.8) is 0 Å². The summed E-state index contributed by atoms with van der Waals surface area (Å²) in [5.74, 6) is -2.75. The predicted octanol–water partition coefficient (Wildman–Crippen LogP) is 2.61. The summed E-state index contributed by atoms with van der Waals surface area (Å²) in [6.45, 7) is 3.55. The van der Waals surface area contributed by atoms with Gasteiger partial charge in [0.15, 0.2) is 0 Å². The Hall–Kier alpha value is -2.92. The summed E-state index contributed by atoms with van der Waals surface area (Å²) in [5.41, 5.74) is 1.82. The van der Waals surface area contributed by atoms with E-state index in [1.165, 1.54) is 5.56 Å². The number of aryl methyl sites for hydroxylation is 1. The summed E-state index contributed by atoms with van der Waals surface area (Å²) in [5, 5.41) is 14.6. The van der Waals surface area contributed by atoms with Crippen molar-refractivity contribution in [2.45, 2.75) is 43.6 Å². The van der Waals surface area contributed by atoms with E-state index in [1.807, 2.05) is 48.3 Å². The molecular weight excluding hydrogens is 441 g/mol. The number of carboxylic acid groups (broad SMARTS) is 1. The van der Waals surface area contributed by atoms with Crippen molar-refractivity contribution in [3.05, 3.63) is 53.9 Å². The number of ether oxygens (including phenoxy) is 1. The fourth-order valence-corrected chi connectivity index (χ4v) is 4.17. The number of aliphatic carboxylic acids is 1. The van der Waals surface area contributed by atoms with Gasteiger partial charge in [-0.1, -0.05) is 18.2 Å². The van der Waals surface area contributed by atoms with Gasteiger partial charge < -0.3 is 15.2 Å². The normalized spacial score (nSPS) is 23.1.